The molecule has 0 bridgehead atoms. The average Bonchev–Trinajstić information content (AvgIpc) is 3.73. The zero-order valence-corrected chi connectivity index (χ0v) is 20.9. The van der Waals surface area contributed by atoms with E-state index in [1.807, 2.05) is 25.1 Å². The number of nitrogens with one attached hydrogen (secondary N) is 1. The Morgan fingerprint density at radius 3 is 2.52 bits per heavy atom. The molecule has 1 atom stereocenters. The third-order valence-electron chi connectivity index (χ3n) is 7.22. The standard InChI is InChI=1S/C24H32FNO.C5H10.H3N/c1-4-20-18-22(12-13-23(20)25)24(15-16-24)14-8-5-6-10-21(19(2)26-3)11-7-9-17-27;1-2-5-3-4-5;/h4,9,12-13,18,21,26H,1-2,5-8,10-11,14-16H2,3H3;5H,2-4H2,1H3;1H3. The number of carbonyl (C=O) groups excluding carboxylic acids is 1. The van der Waals surface area contributed by atoms with E-state index in [1.54, 1.807) is 18.2 Å². The van der Waals surface area contributed by atoms with Crippen molar-refractivity contribution >= 4 is 12.0 Å². The molecule has 0 saturated heterocycles. The highest BCUT2D eigenvalue weighted by molar-refractivity contribution is 5.51. The molecular formula is C29H45FN2O. The summed E-state index contributed by atoms with van der Waals surface area (Å²) in [4.78, 5) is 10.4. The van der Waals surface area contributed by atoms with Gasteiger partial charge in [0.1, 0.15) is 11.8 Å². The van der Waals surface area contributed by atoms with Crippen LogP contribution in [0.25, 0.3) is 6.08 Å². The van der Waals surface area contributed by atoms with Crippen molar-refractivity contribution < 1.29 is 9.18 Å². The predicted molar refractivity (Wildman–Crippen MR) is 140 cm³/mol. The minimum absolute atomic E-state index is 0. The summed E-state index contributed by atoms with van der Waals surface area (Å²) in [6.45, 7) is 10.1. The summed E-state index contributed by atoms with van der Waals surface area (Å²) < 4.78 is 13.7. The molecule has 0 aliphatic heterocycles. The lowest BCUT2D eigenvalue weighted by Gasteiger charge is -2.19. The highest BCUT2D eigenvalue weighted by atomic mass is 19.1. The molecule has 2 saturated carbocycles. The third kappa shape index (κ3) is 9.70. The van der Waals surface area contributed by atoms with Gasteiger partial charge in [-0.25, -0.2) is 9.18 Å². The van der Waals surface area contributed by atoms with Crippen LogP contribution in [-0.2, 0) is 10.2 Å². The number of hydrogen-bond donors (Lipinski definition) is 2. The summed E-state index contributed by atoms with van der Waals surface area (Å²) in [6, 6.07) is 5.50. The van der Waals surface area contributed by atoms with E-state index in [2.05, 4.69) is 25.4 Å². The third-order valence-corrected chi connectivity index (χ3v) is 7.22. The molecule has 184 valence electrons. The molecule has 0 aromatic heterocycles. The number of halogens is 1. The van der Waals surface area contributed by atoms with Crippen LogP contribution in [0.5, 0.6) is 0 Å². The van der Waals surface area contributed by atoms with Gasteiger partial charge in [-0.15, -0.1) is 0 Å². The highest BCUT2D eigenvalue weighted by Gasteiger charge is 2.43. The van der Waals surface area contributed by atoms with Crippen molar-refractivity contribution in [3.63, 3.8) is 0 Å². The first-order valence-electron chi connectivity index (χ1n) is 12.5. The Hall–Kier alpha value is -2.16. The molecule has 2 aliphatic rings. The van der Waals surface area contributed by atoms with Crippen molar-refractivity contribution in [3.05, 3.63) is 60.1 Å². The predicted octanol–water partition coefficient (Wildman–Crippen LogP) is 7.94. The van der Waals surface area contributed by atoms with Crippen LogP contribution in [0.1, 0.15) is 95.1 Å². The van der Waals surface area contributed by atoms with Gasteiger partial charge in [-0.3, -0.25) is 0 Å². The minimum atomic E-state index is -0.190. The SMILES string of the molecule is C=Cc1cc(C2(CCCCCC(CCC=C=O)C(=C)NC)CC2)ccc1F.CCC1CC1.N. The first-order chi connectivity index (χ1) is 15.5. The molecule has 1 aromatic carbocycles. The fourth-order valence-corrected chi connectivity index (χ4v) is 4.46. The Bertz CT molecular complexity index is 789. The summed E-state index contributed by atoms with van der Waals surface area (Å²) in [6.07, 6.45) is 17.5. The monoisotopic (exact) mass is 456 g/mol. The Morgan fingerprint density at radius 1 is 1.27 bits per heavy atom. The maximum Gasteiger partial charge on any atom is 0.130 e. The molecule has 0 amide bonds. The van der Waals surface area contributed by atoms with E-state index in [-0.39, 0.29) is 17.4 Å². The average molecular weight is 457 g/mol. The number of rotatable bonds is 14. The van der Waals surface area contributed by atoms with Crippen LogP contribution in [-0.4, -0.2) is 13.0 Å². The summed E-state index contributed by atoms with van der Waals surface area (Å²) in [5.41, 5.74) is 3.18. The van der Waals surface area contributed by atoms with E-state index in [0.717, 1.165) is 37.3 Å². The highest BCUT2D eigenvalue weighted by Crippen LogP contribution is 2.52. The van der Waals surface area contributed by atoms with E-state index in [9.17, 15) is 9.18 Å². The van der Waals surface area contributed by atoms with Gasteiger partial charge >= 0.3 is 0 Å². The maximum absolute atomic E-state index is 13.7. The molecule has 4 N–H and O–H groups in total. The van der Waals surface area contributed by atoms with E-state index in [0.29, 0.717) is 11.5 Å². The Balaban J connectivity index is 0.000000799. The molecule has 1 aromatic rings. The van der Waals surface area contributed by atoms with Crippen LogP contribution in [0.4, 0.5) is 4.39 Å². The lowest BCUT2D eigenvalue weighted by Crippen LogP contribution is -2.15. The van der Waals surface area contributed by atoms with Crippen molar-refractivity contribution in [2.75, 3.05) is 7.05 Å². The van der Waals surface area contributed by atoms with Crippen molar-refractivity contribution in [2.45, 2.75) is 89.4 Å². The molecule has 4 heteroatoms. The van der Waals surface area contributed by atoms with Crippen molar-refractivity contribution in [2.24, 2.45) is 11.8 Å². The molecule has 1 unspecified atom stereocenters. The summed E-state index contributed by atoms with van der Waals surface area (Å²) in [7, 11) is 1.90. The van der Waals surface area contributed by atoms with Gasteiger partial charge in [0.2, 0.25) is 0 Å². The summed E-state index contributed by atoms with van der Waals surface area (Å²) in [5.74, 6) is 3.20. The molecule has 0 spiro atoms. The second-order valence-electron chi connectivity index (χ2n) is 9.54. The molecule has 2 fully saturated rings. The minimum Gasteiger partial charge on any atom is -0.392 e. The van der Waals surface area contributed by atoms with E-state index in [4.69, 9.17) is 0 Å². The van der Waals surface area contributed by atoms with Gasteiger partial charge in [0.25, 0.3) is 0 Å². The smallest absolute Gasteiger partial charge is 0.130 e. The van der Waals surface area contributed by atoms with Crippen molar-refractivity contribution in [1.82, 2.24) is 11.5 Å². The van der Waals surface area contributed by atoms with Crippen LogP contribution >= 0.6 is 0 Å². The second-order valence-corrected chi connectivity index (χ2v) is 9.54. The van der Waals surface area contributed by atoms with Crippen LogP contribution in [0, 0.1) is 17.7 Å². The normalized spacial score (nSPS) is 16.2. The van der Waals surface area contributed by atoms with Crippen LogP contribution in [0.2, 0.25) is 0 Å². The van der Waals surface area contributed by atoms with E-state index >= 15 is 0 Å². The molecule has 0 radical (unpaired) electrons. The molecule has 3 rings (SSSR count). The molecule has 0 heterocycles. The Morgan fingerprint density at radius 2 is 2.00 bits per heavy atom. The largest absolute Gasteiger partial charge is 0.392 e. The van der Waals surface area contributed by atoms with Crippen LogP contribution in [0.3, 0.4) is 0 Å². The molecule has 33 heavy (non-hydrogen) atoms. The Labute approximate surface area is 201 Å². The quantitative estimate of drug-likeness (QED) is 0.221. The summed E-state index contributed by atoms with van der Waals surface area (Å²) in [5, 5.41) is 3.16. The topological polar surface area (TPSA) is 64.1 Å². The second kappa shape index (κ2) is 14.9. The first kappa shape index (κ1) is 28.9. The first-order valence-corrected chi connectivity index (χ1v) is 12.5. The fourth-order valence-electron chi connectivity index (χ4n) is 4.46. The van der Waals surface area contributed by atoms with Gasteiger partial charge in [-0.1, -0.05) is 70.7 Å². The van der Waals surface area contributed by atoms with E-state index < -0.39 is 0 Å². The van der Waals surface area contributed by atoms with Gasteiger partial charge in [0, 0.05) is 18.3 Å². The van der Waals surface area contributed by atoms with Gasteiger partial charge < -0.3 is 11.5 Å². The maximum atomic E-state index is 13.7. The molecule has 2 aliphatic carbocycles. The number of benzene rings is 1. The van der Waals surface area contributed by atoms with Gasteiger partial charge in [-0.05, 0) is 79.5 Å². The number of allylic oxidation sites excluding steroid dienone is 2. The van der Waals surface area contributed by atoms with Crippen LogP contribution < -0.4 is 11.5 Å². The molecule has 3 nitrogen and oxygen atoms in total. The van der Waals surface area contributed by atoms with Gasteiger partial charge in [-0.2, -0.15) is 0 Å². The van der Waals surface area contributed by atoms with E-state index in [1.165, 1.54) is 56.9 Å². The zero-order chi connectivity index (χ0) is 23.4. The lowest BCUT2D eigenvalue weighted by molar-refractivity contribution is 0.455. The number of unbranched alkanes of at least 4 members (excludes halogenated alkanes) is 2. The fraction of sp³-hybridized carbons (Fsp3) is 0.586. The van der Waals surface area contributed by atoms with Crippen LogP contribution in [0.15, 0.2) is 43.1 Å². The zero-order valence-electron chi connectivity index (χ0n) is 20.9. The Kier molecular flexibility index (Phi) is 13.0. The van der Waals surface area contributed by atoms with Crippen molar-refractivity contribution in [1.29, 1.82) is 0 Å². The summed E-state index contributed by atoms with van der Waals surface area (Å²) >= 11 is 0. The molecular weight excluding hydrogens is 411 g/mol. The van der Waals surface area contributed by atoms with Gasteiger partial charge in [0.05, 0.1) is 0 Å². The van der Waals surface area contributed by atoms with Crippen molar-refractivity contribution in [3.8, 4) is 0 Å². The lowest BCUT2D eigenvalue weighted by atomic mass is 9.88. The van der Waals surface area contributed by atoms with Gasteiger partial charge in [0.15, 0.2) is 0 Å². The number of hydrogen-bond acceptors (Lipinski definition) is 3.